The Morgan fingerprint density at radius 3 is 2.29 bits per heavy atom. The van der Waals surface area contributed by atoms with Crippen molar-refractivity contribution in [3.8, 4) is 0 Å². The van der Waals surface area contributed by atoms with Crippen LogP contribution in [0.25, 0.3) is 0 Å². The van der Waals surface area contributed by atoms with Crippen LogP contribution < -0.4 is 14.9 Å². The van der Waals surface area contributed by atoms with E-state index in [9.17, 15) is 8.42 Å². The molecule has 1 fully saturated rings. The number of aromatic nitrogens is 2. The van der Waals surface area contributed by atoms with Crippen molar-refractivity contribution in [1.82, 2.24) is 9.97 Å². The summed E-state index contributed by atoms with van der Waals surface area (Å²) in [6, 6.07) is 15.9. The van der Waals surface area contributed by atoms with Crippen molar-refractivity contribution in [2.45, 2.75) is 38.0 Å². The summed E-state index contributed by atoms with van der Waals surface area (Å²) in [7, 11) is -3.63. The van der Waals surface area contributed by atoms with Gasteiger partial charge in [0.05, 0.1) is 4.90 Å². The van der Waals surface area contributed by atoms with Gasteiger partial charge in [-0.1, -0.05) is 12.1 Å². The number of hydrogen-bond acceptors (Lipinski definition) is 6. The van der Waals surface area contributed by atoms with Gasteiger partial charge in [0.25, 0.3) is 10.0 Å². The van der Waals surface area contributed by atoms with E-state index in [-0.39, 0.29) is 4.90 Å². The lowest BCUT2D eigenvalue weighted by molar-refractivity contribution is 0.568. The fourth-order valence-corrected chi connectivity index (χ4v) is 4.78. The first kappa shape index (κ1) is 21.1. The predicted molar refractivity (Wildman–Crippen MR) is 125 cm³/mol. The van der Waals surface area contributed by atoms with Crippen LogP contribution in [0.4, 0.5) is 23.1 Å². The van der Waals surface area contributed by atoms with Crippen molar-refractivity contribution in [3.05, 3.63) is 65.9 Å². The maximum Gasteiger partial charge on any atom is 0.261 e. The van der Waals surface area contributed by atoms with E-state index in [2.05, 4.69) is 24.9 Å². The quantitative estimate of drug-likeness (QED) is 0.585. The third kappa shape index (κ3) is 5.32. The van der Waals surface area contributed by atoms with Crippen molar-refractivity contribution in [2.75, 3.05) is 28.0 Å². The molecule has 8 heteroatoms. The Balaban J connectivity index is 1.47. The van der Waals surface area contributed by atoms with Crippen molar-refractivity contribution >= 4 is 33.2 Å². The minimum absolute atomic E-state index is 0.247. The largest absolute Gasteiger partial charge is 0.341 e. The Hall–Kier alpha value is -3.13. The van der Waals surface area contributed by atoms with Crippen LogP contribution in [0.1, 0.15) is 30.5 Å². The Morgan fingerprint density at radius 1 is 0.871 bits per heavy atom. The van der Waals surface area contributed by atoms with Gasteiger partial charge < -0.3 is 10.2 Å². The number of sulfonamides is 1. The fraction of sp³-hybridized carbons (Fsp3) is 0.304. The number of nitrogens with zero attached hydrogens (tertiary/aromatic N) is 3. The second-order valence-electron chi connectivity index (χ2n) is 7.87. The minimum atomic E-state index is -3.63. The van der Waals surface area contributed by atoms with Gasteiger partial charge in [0.1, 0.15) is 5.82 Å². The smallest absolute Gasteiger partial charge is 0.261 e. The van der Waals surface area contributed by atoms with Crippen LogP contribution in [-0.2, 0) is 10.0 Å². The highest BCUT2D eigenvalue weighted by Crippen LogP contribution is 2.23. The molecule has 3 aromatic rings. The summed E-state index contributed by atoms with van der Waals surface area (Å²) >= 11 is 0. The summed E-state index contributed by atoms with van der Waals surface area (Å²) in [6.45, 7) is 5.80. The lowest BCUT2D eigenvalue weighted by Gasteiger charge is -2.27. The number of anilines is 4. The van der Waals surface area contributed by atoms with Gasteiger partial charge in [-0.05, 0) is 75.1 Å². The summed E-state index contributed by atoms with van der Waals surface area (Å²) in [5, 5.41) is 3.30. The molecular weight excluding hydrogens is 410 g/mol. The van der Waals surface area contributed by atoms with Gasteiger partial charge in [0, 0.05) is 36.2 Å². The number of aryl methyl sites for hydroxylation is 2. The Morgan fingerprint density at radius 2 is 1.58 bits per heavy atom. The van der Waals surface area contributed by atoms with Gasteiger partial charge in [-0.2, -0.15) is 4.98 Å². The van der Waals surface area contributed by atoms with Crippen LogP contribution in [0.5, 0.6) is 0 Å². The van der Waals surface area contributed by atoms with Crippen LogP contribution in [0.15, 0.2) is 59.5 Å². The number of piperidine rings is 1. The Labute approximate surface area is 183 Å². The molecule has 2 N–H and O–H groups in total. The molecule has 1 aliphatic heterocycles. The molecule has 0 saturated carbocycles. The van der Waals surface area contributed by atoms with Crippen LogP contribution in [0, 0.1) is 13.8 Å². The standard InChI is InChI=1S/C23H27N5O2S/c1-17-7-6-8-21(15-17)31(29,30)27-20-11-9-19(10-12-20)25-22-16-18(2)24-23(26-22)28-13-4-3-5-14-28/h6-12,15-16,27H,3-5,13-14H2,1-2H3,(H,24,25,26). The maximum absolute atomic E-state index is 12.6. The van der Waals surface area contributed by atoms with Crippen LogP contribution in [-0.4, -0.2) is 31.5 Å². The van der Waals surface area contributed by atoms with E-state index in [0.29, 0.717) is 5.69 Å². The summed E-state index contributed by atoms with van der Waals surface area (Å²) in [5.41, 5.74) is 3.12. The molecule has 0 radical (unpaired) electrons. The van der Waals surface area contributed by atoms with E-state index >= 15 is 0 Å². The van der Waals surface area contributed by atoms with Crippen molar-refractivity contribution in [2.24, 2.45) is 0 Å². The van der Waals surface area contributed by atoms with Gasteiger partial charge in [-0.3, -0.25) is 4.72 Å². The number of nitrogens with one attached hydrogen (secondary N) is 2. The predicted octanol–water partition coefficient (Wildman–Crippen LogP) is 4.63. The molecule has 31 heavy (non-hydrogen) atoms. The molecule has 0 bridgehead atoms. The zero-order valence-electron chi connectivity index (χ0n) is 17.8. The first-order valence-corrected chi connectivity index (χ1v) is 11.9. The highest BCUT2D eigenvalue weighted by atomic mass is 32.2. The molecule has 0 aliphatic carbocycles. The maximum atomic E-state index is 12.6. The topological polar surface area (TPSA) is 87.2 Å². The minimum Gasteiger partial charge on any atom is -0.341 e. The molecule has 0 spiro atoms. The van der Waals surface area contributed by atoms with Crippen LogP contribution >= 0.6 is 0 Å². The highest BCUT2D eigenvalue weighted by molar-refractivity contribution is 7.92. The van der Waals surface area contributed by atoms with Crippen molar-refractivity contribution < 1.29 is 8.42 Å². The van der Waals surface area contributed by atoms with Crippen molar-refractivity contribution in [3.63, 3.8) is 0 Å². The number of benzene rings is 2. The summed E-state index contributed by atoms with van der Waals surface area (Å²) in [5.74, 6) is 1.48. The van der Waals surface area contributed by atoms with E-state index in [1.165, 1.54) is 19.3 Å². The highest BCUT2D eigenvalue weighted by Gasteiger charge is 2.16. The Kier molecular flexibility index (Phi) is 6.08. The van der Waals surface area contributed by atoms with Gasteiger partial charge in [-0.15, -0.1) is 0 Å². The van der Waals surface area contributed by atoms with E-state index in [0.717, 1.165) is 41.8 Å². The first-order chi connectivity index (χ1) is 14.9. The van der Waals surface area contributed by atoms with Gasteiger partial charge in [0.15, 0.2) is 0 Å². The SMILES string of the molecule is Cc1cccc(S(=O)(=O)Nc2ccc(Nc3cc(C)nc(N4CCCCC4)n3)cc2)c1. The Bertz CT molecular complexity index is 1160. The molecule has 0 amide bonds. The molecule has 2 heterocycles. The molecule has 1 aromatic heterocycles. The van der Waals surface area contributed by atoms with Gasteiger partial charge in [-0.25, -0.2) is 13.4 Å². The molecule has 1 aliphatic rings. The van der Waals surface area contributed by atoms with Crippen molar-refractivity contribution in [1.29, 1.82) is 0 Å². The second-order valence-corrected chi connectivity index (χ2v) is 9.55. The van der Waals surface area contributed by atoms with Gasteiger partial charge >= 0.3 is 0 Å². The van der Waals surface area contributed by atoms with E-state index in [1.807, 2.05) is 38.1 Å². The van der Waals surface area contributed by atoms with Crippen LogP contribution in [0.2, 0.25) is 0 Å². The third-order valence-electron chi connectivity index (χ3n) is 5.19. The number of rotatable bonds is 6. The molecule has 0 unspecified atom stereocenters. The normalized spacial score (nSPS) is 14.3. The molecule has 2 aromatic carbocycles. The second kappa shape index (κ2) is 8.93. The lowest BCUT2D eigenvalue weighted by Crippen LogP contribution is -2.31. The molecular formula is C23H27N5O2S. The first-order valence-electron chi connectivity index (χ1n) is 10.5. The lowest BCUT2D eigenvalue weighted by atomic mass is 10.1. The molecule has 1 saturated heterocycles. The summed E-state index contributed by atoms with van der Waals surface area (Å²) in [6.07, 6.45) is 3.59. The van der Waals surface area contributed by atoms with E-state index < -0.39 is 10.0 Å². The molecule has 7 nitrogen and oxygen atoms in total. The van der Waals surface area contributed by atoms with E-state index in [4.69, 9.17) is 0 Å². The van der Waals surface area contributed by atoms with Crippen LogP contribution in [0.3, 0.4) is 0 Å². The molecule has 0 atom stereocenters. The zero-order chi connectivity index (χ0) is 21.8. The van der Waals surface area contributed by atoms with Gasteiger partial charge in [0.2, 0.25) is 5.95 Å². The average Bonchev–Trinajstić information content (AvgIpc) is 2.75. The monoisotopic (exact) mass is 437 g/mol. The molecule has 4 rings (SSSR count). The fourth-order valence-electron chi connectivity index (χ4n) is 3.62. The average molecular weight is 438 g/mol. The van der Waals surface area contributed by atoms with E-state index in [1.54, 1.807) is 30.3 Å². The number of hydrogen-bond donors (Lipinski definition) is 2. The summed E-state index contributed by atoms with van der Waals surface area (Å²) < 4.78 is 27.8. The third-order valence-corrected chi connectivity index (χ3v) is 6.57. The summed E-state index contributed by atoms with van der Waals surface area (Å²) in [4.78, 5) is 11.7. The molecule has 162 valence electrons. The zero-order valence-corrected chi connectivity index (χ0v) is 18.6.